The first-order valence-electron chi connectivity index (χ1n) is 7.39. The highest BCUT2D eigenvalue weighted by Crippen LogP contribution is 2.21. The Hall–Kier alpha value is -2.91. The first-order valence-corrected chi connectivity index (χ1v) is 9.43. The highest BCUT2D eigenvalue weighted by molar-refractivity contribution is 7.98. The van der Waals surface area contributed by atoms with Gasteiger partial charge in [-0.25, -0.2) is 14.6 Å². The van der Waals surface area contributed by atoms with Crippen LogP contribution in [0.3, 0.4) is 0 Å². The Morgan fingerprint density at radius 2 is 1.96 bits per heavy atom. The predicted molar refractivity (Wildman–Crippen MR) is 105 cm³/mol. The third-order valence-corrected chi connectivity index (χ3v) is 4.21. The molecule has 156 valence electrons. The number of carbonyl (C=O) groups excluding carboxylic acids is 1. The third kappa shape index (κ3) is 13.3. The van der Waals surface area contributed by atoms with E-state index in [9.17, 15) is 14.4 Å². The number of aromatic nitrogens is 1. The Bertz CT molecular complexity index is 720. The summed E-state index contributed by atoms with van der Waals surface area (Å²) in [7, 11) is 0. The topological polar surface area (TPSA) is 251 Å². The number of amides is 2. The lowest BCUT2D eigenvalue weighted by atomic mass is 10.3. The first-order chi connectivity index (χ1) is 13.0. The van der Waals surface area contributed by atoms with Gasteiger partial charge in [-0.3, -0.25) is 15.5 Å². The lowest BCUT2D eigenvalue weighted by Gasteiger charge is -2.02. The van der Waals surface area contributed by atoms with Crippen molar-refractivity contribution in [1.82, 2.24) is 10.3 Å². The largest absolute Gasteiger partial charge is 0.481 e. The summed E-state index contributed by atoms with van der Waals surface area (Å²) in [5, 5.41) is 36.2. The van der Waals surface area contributed by atoms with E-state index in [0.29, 0.717) is 23.1 Å². The number of guanidine groups is 1. The molecule has 0 spiro atoms. The number of hydrogen-bond acceptors (Lipinski definition) is 9. The van der Waals surface area contributed by atoms with Crippen molar-refractivity contribution in [2.45, 2.75) is 24.7 Å². The van der Waals surface area contributed by atoms with Gasteiger partial charge in [0.05, 0.1) is 12.1 Å². The summed E-state index contributed by atoms with van der Waals surface area (Å²) in [6.07, 6.45) is -2.10. The molecule has 1 aromatic heterocycles. The Kier molecular flexibility index (Phi) is 11.9. The van der Waals surface area contributed by atoms with Gasteiger partial charge in [-0.15, -0.1) is 11.3 Å². The molecule has 2 amide bonds. The Balaban J connectivity index is 0.000000684. The van der Waals surface area contributed by atoms with Crippen LogP contribution < -0.4 is 22.5 Å². The number of aliphatic carboxylic acids is 2. The summed E-state index contributed by atoms with van der Waals surface area (Å²) in [6.45, 7) is 0. The quantitative estimate of drug-likeness (QED) is 0.136. The van der Waals surface area contributed by atoms with Crippen molar-refractivity contribution in [3.63, 3.8) is 0 Å². The van der Waals surface area contributed by atoms with E-state index in [-0.39, 0.29) is 11.8 Å². The van der Waals surface area contributed by atoms with Gasteiger partial charge in [0, 0.05) is 23.3 Å². The van der Waals surface area contributed by atoms with E-state index in [4.69, 9.17) is 37.9 Å². The maximum absolute atomic E-state index is 10.5. The Labute approximate surface area is 167 Å². The lowest BCUT2D eigenvalue weighted by molar-refractivity contribution is -0.152. The number of thioether (sulfide) groups is 1. The number of thiazole rings is 1. The maximum Gasteiger partial charge on any atom is 0.333 e. The van der Waals surface area contributed by atoms with Crippen LogP contribution in [0.15, 0.2) is 10.4 Å². The molecule has 0 aliphatic carbocycles. The highest BCUT2D eigenvalue weighted by atomic mass is 32.2. The van der Waals surface area contributed by atoms with E-state index in [2.05, 4.69) is 15.3 Å². The number of urea groups is 1. The number of carbonyl (C=O) groups is 3. The zero-order chi connectivity index (χ0) is 21.7. The number of nitrogens with zero attached hydrogens (tertiary/aromatic N) is 2. The van der Waals surface area contributed by atoms with Gasteiger partial charge in [0.25, 0.3) is 0 Å². The number of nitrogens with two attached hydrogens (primary N) is 3. The van der Waals surface area contributed by atoms with Crippen LogP contribution in [0.5, 0.6) is 0 Å². The van der Waals surface area contributed by atoms with E-state index < -0.39 is 30.5 Å². The summed E-state index contributed by atoms with van der Waals surface area (Å²) in [5.74, 6) is -1.37. The molecular weight excluding hydrogens is 414 g/mol. The van der Waals surface area contributed by atoms with Crippen molar-refractivity contribution in [1.29, 1.82) is 5.41 Å². The molecule has 11 N–H and O–H groups in total. The molecule has 1 rings (SSSR count). The predicted octanol–water partition coefficient (Wildman–Crippen LogP) is -0.777. The monoisotopic (exact) mass is 435 g/mol. The van der Waals surface area contributed by atoms with E-state index in [1.54, 1.807) is 11.8 Å². The van der Waals surface area contributed by atoms with Crippen LogP contribution in [-0.4, -0.2) is 61.9 Å². The molecule has 0 bridgehead atoms. The average Bonchev–Trinajstić information content (AvgIpc) is 2.97. The van der Waals surface area contributed by atoms with Crippen LogP contribution in [0.1, 0.15) is 18.5 Å². The molecule has 0 saturated carbocycles. The molecule has 1 atom stereocenters. The van der Waals surface area contributed by atoms with Crippen molar-refractivity contribution < 1.29 is 29.7 Å². The second kappa shape index (κ2) is 13.3. The minimum Gasteiger partial charge on any atom is -0.481 e. The summed E-state index contributed by atoms with van der Waals surface area (Å²) >= 11 is 2.96. The van der Waals surface area contributed by atoms with Crippen LogP contribution in [0.2, 0.25) is 0 Å². The summed E-state index contributed by atoms with van der Waals surface area (Å²) < 4.78 is 0. The molecule has 1 heterocycles. The van der Waals surface area contributed by atoms with Gasteiger partial charge in [-0.05, 0) is 0 Å². The van der Waals surface area contributed by atoms with Gasteiger partial charge in [0.1, 0.15) is 5.84 Å². The SMILES string of the molecule is N=C(CCSCc1csc(N=C(N)N)n1)NC(N)=O.O=C(O)CC(O)C(=O)O. The number of carboxylic acids is 2. The van der Waals surface area contributed by atoms with Crippen molar-refractivity contribution in [2.24, 2.45) is 22.2 Å². The maximum atomic E-state index is 10.5. The molecule has 0 aliphatic rings. The average molecular weight is 435 g/mol. The molecule has 1 aromatic rings. The number of nitrogens with one attached hydrogen (secondary N) is 2. The van der Waals surface area contributed by atoms with E-state index in [1.807, 2.05) is 5.38 Å². The molecule has 15 heteroatoms. The first kappa shape index (κ1) is 25.1. The van der Waals surface area contributed by atoms with Gasteiger partial charge in [0.15, 0.2) is 12.1 Å². The van der Waals surface area contributed by atoms with E-state index in [1.165, 1.54) is 11.3 Å². The number of amidine groups is 1. The number of carboxylic acid groups (broad SMARTS) is 2. The molecule has 0 aromatic carbocycles. The van der Waals surface area contributed by atoms with Gasteiger partial charge in [-0.2, -0.15) is 16.8 Å². The normalized spacial score (nSPS) is 10.8. The molecule has 0 fully saturated rings. The van der Waals surface area contributed by atoms with Crippen molar-refractivity contribution in [3.05, 3.63) is 11.1 Å². The Morgan fingerprint density at radius 1 is 1.32 bits per heavy atom. The van der Waals surface area contributed by atoms with Crippen molar-refractivity contribution in [2.75, 3.05) is 5.75 Å². The van der Waals surface area contributed by atoms with E-state index in [0.717, 1.165) is 5.69 Å². The molecule has 0 radical (unpaired) electrons. The Morgan fingerprint density at radius 3 is 2.43 bits per heavy atom. The number of aliphatic imine (C=N–C) groups is 1. The van der Waals surface area contributed by atoms with Gasteiger partial charge < -0.3 is 32.5 Å². The fourth-order valence-electron chi connectivity index (χ4n) is 1.34. The van der Waals surface area contributed by atoms with Crippen LogP contribution in [0.4, 0.5) is 9.93 Å². The molecular formula is C13H21N7O6S2. The molecule has 1 unspecified atom stereocenters. The van der Waals surface area contributed by atoms with Gasteiger partial charge in [0.2, 0.25) is 5.13 Å². The summed E-state index contributed by atoms with van der Waals surface area (Å²) in [6, 6.07) is -0.712. The third-order valence-electron chi connectivity index (χ3n) is 2.44. The number of hydrogen-bond donors (Lipinski definition) is 8. The van der Waals surface area contributed by atoms with Crippen LogP contribution in [0.25, 0.3) is 0 Å². The highest BCUT2D eigenvalue weighted by Gasteiger charge is 2.16. The minimum absolute atomic E-state index is 0.0143. The zero-order valence-corrected chi connectivity index (χ0v) is 16.1. The minimum atomic E-state index is -1.79. The second-order valence-corrected chi connectivity index (χ2v) is 6.82. The molecule has 13 nitrogen and oxygen atoms in total. The smallest absolute Gasteiger partial charge is 0.333 e. The number of aliphatic hydroxyl groups is 1. The summed E-state index contributed by atoms with van der Waals surface area (Å²) in [4.78, 5) is 38.0. The number of aliphatic hydroxyl groups excluding tert-OH is 1. The lowest BCUT2D eigenvalue weighted by Crippen LogP contribution is -2.34. The van der Waals surface area contributed by atoms with Crippen LogP contribution in [-0.2, 0) is 15.3 Å². The molecule has 0 aliphatic heterocycles. The van der Waals surface area contributed by atoms with Crippen molar-refractivity contribution in [3.8, 4) is 0 Å². The summed E-state index contributed by atoms with van der Waals surface area (Å²) in [5.41, 5.74) is 16.3. The van der Waals surface area contributed by atoms with Crippen LogP contribution in [0, 0.1) is 5.41 Å². The molecule has 0 saturated heterocycles. The van der Waals surface area contributed by atoms with E-state index >= 15 is 0 Å². The fourth-order valence-corrected chi connectivity index (χ4v) is 3.00. The van der Waals surface area contributed by atoms with Gasteiger partial charge in [-0.1, -0.05) is 0 Å². The number of rotatable bonds is 9. The fraction of sp³-hybridized carbons (Fsp3) is 0.385. The molecule has 28 heavy (non-hydrogen) atoms. The standard InChI is InChI=1S/C9H15N7OS2.C4H6O5/c10-6(15-8(13)17)1-2-18-3-5-4-19-9(14-5)16-7(11)12;5-2(4(8)9)1-3(6)7/h4H,1-3H2,(H4,10,13,15,17)(H4,11,12,14,16);2,5H,1H2,(H,6,7)(H,8,9). The number of primary amides is 1. The zero-order valence-electron chi connectivity index (χ0n) is 14.5. The van der Waals surface area contributed by atoms with Crippen molar-refractivity contribution >= 4 is 58.0 Å². The van der Waals surface area contributed by atoms with Crippen LogP contribution >= 0.6 is 23.1 Å². The second-order valence-electron chi connectivity index (χ2n) is 4.88. The van der Waals surface area contributed by atoms with Gasteiger partial charge >= 0.3 is 18.0 Å².